The summed E-state index contributed by atoms with van der Waals surface area (Å²) in [7, 11) is 0. The van der Waals surface area contributed by atoms with Crippen LogP contribution >= 0.6 is 12.2 Å². The predicted octanol–water partition coefficient (Wildman–Crippen LogP) is 4.70. The zero-order valence-corrected chi connectivity index (χ0v) is 22.4. The summed E-state index contributed by atoms with van der Waals surface area (Å²) in [6, 6.07) is 7.05. The maximum atomic E-state index is 12.2. The van der Waals surface area contributed by atoms with E-state index in [4.69, 9.17) is 27.2 Å². The molecule has 7 rings (SSSR count). The minimum absolute atomic E-state index is 0.0146. The second kappa shape index (κ2) is 9.98. The highest BCUT2D eigenvalue weighted by Gasteiger charge is 2.54. The second-order valence-corrected chi connectivity index (χ2v) is 12.1. The van der Waals surface area contributed by atoms with Gasteiger partial charge in [-0.3, -0.25) is 9.69 Å². The minimum atomic E-state index is -0.0734. The van der Waals surface area contributed by atoms with Crippen molar-refractivity contribution in [2.75, 3.05) is 19.7 Å². The molecule has 1 aromatic heterocycles. The van der Waals surface area contributed by atoms with E-state index in [1.165, 1.54) is 38.5 Å². The number of piperidine rings is 1. The number of aromatic nitrogens is 3. The highest BCUT2D eigenvalue weighted by atomic mass is 32.1. The number of hydrogen-bond acceptors (Lipinski definition) is 7. The number of hydrogen-bond donors (Lipinski definition) is 1. The molecule has 0 unspecified atom stereocenters. The van der Waals surface area contributed by atoms with E-state index in [1.54, 1.807) is 12.1 Å². The molecule has 4 aliphatic carbocycles. The van der Waals surface area contributed by atoms with E-state index in [9.17, 15) is 9.90 Å². The van der Waals surface area contributed by atoms with Crippen molar-refractivity contribution >= 4 is 24.4 Å². The van der Waals surface area contributed by atoms with Crippen molar-refractivity contribution in [1.82, 2.24) is 19.4 Å². The van der Waals surface area contributed by atoms with Gasteiger partial charge >= 0.3 is 5.97 Å². The number of carbonyl (C=O) groups is 1. The van der Waals surface area contributed by atoms with Crippen LogP contribution in [-0.2, 0) is 21.6 Å². The number of likely N-dealkylation sites (tertiary alicyclic amines) is 1. The molecule has 8 nitrogen and oxygen atoms in total. The number of phenols is 1. The Morgan fingerprint density at radius 2 is 1.76 bits per heavy atom. The molecule has 2 aromatic rings. The van der Waals surface area contributed by atoms with Crippen molar-refractivity contribution in [1.29, 1.82) is 0 Å². The summed E-state index contributed by atoms with van der Waals surface area (Å²) in [5.41, 5.74) is 0.960. The van der Waals surface area contributed by atoms with Crippen molar-refractivity contribution in [2.24, 2.45) is 28.8 Å². The molecule has 2 heterocycles. The molecule has 5 fully saturated rings. The van der Waals surface area contributed by atoms with E-state index >= 15 is 0 Å². The van der Waals surface area contributed by atoms with Crippen LogP contribution in [0.4, 0.5) is 0 Å². The lowest BCUT2D eigenvalue weighted by Gasteiger charge is -2.55. The van der Waals surface area contributed by atoms with Gasteiger partial charge in [-0.1, -0.05) is 0 Å². The van der Waals surface area contributed by atoms with Crippen LogP contribution in [0.5, 0.6) is 5.75 Å². The maximum absolute atomic E-state index is 12.2. The minimum Gasteiger partial charge on any atom is -0.508 e. The van der Waals surface area contributed by atoms with E-state index in [0.29, 0.717) is 18.0 Å². The summed E-state index contributed by atoms with van der Waals surface area (Å²) in [5, 5.41) is 19.7. The smallest absolute Gasteiger partial charge is 0.309 e. The summed E-state index contributed by atoms with van der Waals surface area (Å²) in [6.45, 7) is 4.54. The van der Waals surface area contributed by atoms with Crippen LogP contribution in [-0.4, -0.2) is 56.3 Å². The SMILES string of the molecule is CCOC(=O)C1CCN(Cn2nc(C34CC5CC(CC(C5)C3)C4)n(/N=C/c3ccc(O)cc3)c2=S)CC1. The van der Waals surface area contributed by atoms with E-state index in [-0.39, 0.29) is 23.1 Å². The van der Waals surface area contributed by atoms with Crippen LogP contribution in [0.25, 0.3) is 0 Å². The average molecular weight is 524 g/mol. The fourth-order valence-electron chi connectivity index (χ4n) is 7.76. The molecular formula is C28H37N5O3S. The predicted molar refractivity (Wildman–Crippen MR) is 143 cm³/mol. The molecule has 0 spiro atoms. The molecule has 37 heavy (non-hydrogen) atoms. The maximum Gasteiger partial charge on any atom is 0.309 e. The summed E-state index contributed by atoms with van der Waals surface area (Å²) in [5.74, 6) is 3.55. The molecule has 198 valence electrons. The lowest BCUT2D eigenvalue weighted by Crippen LogP contribution is -2.49. The van der Waals surface area contributed by atoms with Gasteiger partial charge in [-0.2, -0.15) is 14.9 Å². The quantitative estimate of drug-likeness (QED) is 0.322. The Morgan fingerprint density at radius 3 is 2.35 bits per heavy atom. The zero-order valence-electron chi connectivity index (χ0n) is 21.6. The Hall–Kier alpha value is -2.52. The van der Waals surface area contributed by atoms with Crippen LogP contribution < -0.4 is 0 Å². The summed E-state index contributed by atoms with van der Waals surface area (Å²) in [6.07, 6.45) is 11.1. The first kappa shape index (κ1) is 24.8. The van der Waals surface area contributed by atoms with Crippen molar-refractivity contribution in [3.8, 4) is 5.75 Å². The van der Waals surface area contributed by atoms with Crippen LogP contribution in [0.1, 0.15) is 69.7 Å². The fourth-order valence-corrected chi connectivity index (χ4v) is 7.99. The largest absolute Gasteiger partial charge is 0.508 e. The van der Waals surface area contributed by atoms with Gasteiger partial charge in [-0.05, 0) is 118 Å². The topological polar surface area (TPSA) is 84.9 Å². The first-order valence-corrected chi connectivity index (χ1v) is 14.3. The molecule has 0 radical (unpaired) electrons. The monoisotopic (exact) mass is 523 g/mol. The molecule has 1 N–H and O–H groups in total. The van der Waals surface area contributed by atoms with Gasteiger partial charge in [-0.25, -0.2) is 4.68 Å². The molecule has 4 bridgehead atoms. The Kier molecular flexibility index (Phi) is 6.69. The van der Waals surface area contributed by atoms with Crippen molar-refractivity contribution in [3.05, 3.63) is 40.4 Å². The van der Waals surface area contributed by atoms with Gasteiger partial charge in [0.15, 0.2) is 5.82 Å². The van der Waals surface area contributed by atoms with Gasteiger partial charge < -0.3 is 9.84 Å². The highest BCUT2D eigenvalue weighted by molar-refractivity contribution is 7.71. The van der Waals surface area contributed by atoms with Crippen molar-refractivity contribution in [3.63, 3.8) is 0 Å². The molecule has 9 heteroatoms. The van der Waals surface area contributed by atoms with E-state index in [0.717, 1.165) is 55.1 Å². The fraction of sp³-hybridized carbons (Fsp3) is 0.643. The van der Waals surface area contributed by atoms with Crippen molar-refractivity contribution < 1.29 is 14.6 Å². The van der Waals surface area contributed by atoms with Gasteiger partial charge in [0.05, 0.1) is 25.4 Å². The van der Waals surface area contributed by atoms with Gasteiger partial charge in [0, 0.05) is 18.5 Å². The van der Waals surface area contributed by atoms with Crippen LogP contribution in [0, 0.1) is 28.4 Å². The zero-order chi connectivity index (χ0) is 25.6. The number of benzene rings is 1. The Morgan fingerprint density at radius 1 is 1.14 bits per heavy atom. The molecule has 0 amide bonds. The second-order valence-electron chi connectivity index (χ2n) is 11.7. The number of nitrogens with zero attached hydrogens (tertiary/aromatic N) is 5. The van der Waals surface area contributed by atoms with Crippen LogP contribution in [0.15, 0.2) is 29.4 Å². The summed E-state index contributed by atoms with van der Waals surface area (Å²) < 4.78 is 9.72. The lowest BCUT2D eigenvalue weighted by atomic mass is 9.49. The molecule has 0 atom stereocenters. The van der Waals surface area contributed by atoms with E-state index < -0.39 is 0 Å². The van der Waals surface area contributed by atoms with Gasteiger partial charge in [0.2, 0.25) is 4.77 Å². The number of esters is 1. The summed E-state index contributed by atoms with van der Waals surface area (Å²) in [4.78, 5) is 14.5. The number of phenolic OH excluding ortho intramolecular Hbond substituents is 1. The number of ether oxygens (including phenoxy) is 1. The Balaban J connectivity index is 1.28. The van der Waals surface area contributed by atoms with Gasteiger partial charge in [-0.15, -0.1) is 0 Å². The Bertz CT molecular complexity index is 1190. The third-order valence-corrected chi connectivity index (χ3v) is 9.47. The average Bonchev–Trinajstić information content (AvgIpc) is 3.19. The molecule has 5 aliphatic rings. The van der Waals surface area contributed by atoms with E-state index in [2.05, 4.69) is 4.90 Å². The molecule has 1 aromatic carbocycles. The van der Waals surface area contributed by atoms with Crippen LogP contribution in [0.3, 0.4) is 0 Å². The van der Waals surface area contributed by atoms with E-state index in [1.807, 2.05) is 34.6 Å². The third-order valence-electron chi connectivity index (χ3n) is 9.09. The number of aromatic hydroxyl groups is 1. The Labute approximate surface area is 223 Å². The number of carbonyl (C=O) groups excluding carboxylic acids is 1. The first-order valence-electron chi connectivity index (χ1n) is 13.8. The molecule has 1 aliphatic heterocycles. The molecule has 4 saturated carbocycles. The van der Waals surface area contributed by atoms with Crippen LogP contribution in [0.2, 0.25) is 0 Å². The lowest BCUT2D eigenvalue weighted by molar-refractivity contribution is -0.149. The third kappa shape index (κ3) is 4.88. The molecular weight excluding hydrogens is 486 g/mol. The number of rotatable bonds is 7. The normalized spacial score (nSPS) is 29.8. The van der Waals surface area contributed by atoms with Crippen molar-refractivity contribution in [2.45, 2.75) is 70.4 Å². The standard InChI is InChI=1S/C28H37N5O3S/c1-2-36-25(35)23-7-9-31(10-8-23)18-32-27(37)33(29-17-19-3-5-24(34)6-4-19)26(30-32)28-14-20-11-21(15-28)13-22(12-20)16-28/h3-6,17,20-23,34H,2,7-16,18H2,1H3/b29-17+. The molecule has 1 saturated heterocycles. The summed E-state index contributed by atoms with van der Waals surface area (Å²) >= 11 is 5.98. The highest BCUT2D eigenvalue weighted by Crippen LogP contribution is 2.60. The van der Waals surface area contributed by atoms with Gasteiger partial charge in [0.25, 0.3) is 0 Å². The first-order chi connectivity index (χ1) is 17.9. The van der Waals surface area contributed by atoms with Gasteiger partial charge in [0.1, 0.15) is 5.75 Å².